The first-order valence-corrected chi connectivity index (χ1v) is 17.6. The molecule has 2 N–H and O–H groups in total. The molecule has 0 aromatic heterocycles. The molecule has 0 bridgehead atoms. The number of esters is 1. The lowest BCUT2D eigenvalue weighted by Crippen LogP contribution is -2.55. The van der Waals surface area contributed by atoms with Gasteiger partial charge >= 0.3 is 5.97 Å². The Bertz CT molecular complexity index is 1330. The van der Waals surface area contributed by atoms with Crippen molar-refractivity contribution < 1.29 is 38.5 Å². The van der Waals surface area contributed by atoms with Crippen LogP contribution in [-0.2, 0) is 33.4 Å². The van der Waals surface area contributed by atoms with Crippen LogP contribution in [0, 0.1) is 11.8 Å². The van der Waals surface area contributed by atoms with E-state index in [0.29, 0.717) is 44.5 Å². The number of unbranched alkanes of at least 4 members (excludes halogenated alkanes) is 5. The average molecular weight is 666 g/mol. The number of allylic oxidation sites excluding steroid dienone is 1. The highest BCUT2D eigenvalue weighted by Gasteiger charge is 2.71. The number of aliphatic hydroxyl groups is 1. The molecule has 2 saturated heterocycles. The molecule has 1 aromatic rings. The van der Waals surface area contributed by atoms with E-state index in [1.54, 1.807) is 15.9 Å². The number of aliphatic hydroxyl groups excluding tert-OH is 1. The lowest BCUT2D eigenvalue weighted by Gasteiger charge is -2.35. The van der Waals surface area contributed by atoms with Crippen LogP contribution in [0.1, 0.15) is 76.4 Å². The molecule has 11 nitrogen and oxygen atoms in total. The molecule has 4 heterocycles. The Morgan fingerprint density at radius 2 is 1.75 bits per heavy atom. The van der Waals surface area contributed by atoms with Crippen molar-refractivity contribution in [1.29, 1.82) is 0 Å². The SMILES string of the molecule is CCCCCN1CC=C[C@]23O[C@@H]4/C=C\CCC(=O)N[C@H](COC)[C@@H](c5ccccc5)OC(=O)[C@@H]4[C@H]2C(=O)N(CCCCCCO)[C@@H]3C1=O. The van der Waals surface area contributed by atoms with Crippen LogP contribution >= 0.6 is 0 Å². The van der Waals surface area contributed by atoms with Gasteiger partial charge in [0, 0.05) is 39.8 Å². The smallest absolute Gasteiger partial charge is 0.313 e. The Kier molecular flexibility index (Phi) is 12.5. The number of nitrogens with one attached hydrogen (secondary N) is 1. The molecule has 11 heteroatoms. The third-order valence-electron chi connectivity index (χ3n) is 9.98. The van der Waals surface area contributed by atoms with Gasteiger partial charge in [-0.05, 0) is 31.2 Å². The summed E-state index contributed by atoms with van der Waals surface area (Å²) in [6.07, 6.45) is 12.0. The van der Waals surface area contributed by atoms with Crippen LogP contribution in [0.5, 0.6) is 0 Å². The van der Waals surface area contributed by atoms with Gasteiger partial charge in [0.1, 0.15) is 23.7 Å². The summed E-state index contributed by atoms with van der Waals surface area (Å²) in [7, 11) is 1.52. The Balaban J connectivity index is 1.54. The molecular weight excluding hydrogens is 614 g/mol. The van der Waals surface area contributed by atoms with Crippen molar-refractivity contribution in [2.24, 2.45) is 11.8 Å². The highest BCUT2D eigenvalue weighted by Crippen LogP contribution is 2.53. The number of benzene rings is 1. The number of hydrogen-bond acceptors (Lipinski definition) is 8. The molecule has 5 rings (SSSR count). The van der Waals surface area contributed by atoms with Crippen LogP contribution in [0.4, 0.5) is 0 Å². The van der Waals surface area contributed by atoms with E-state index in [9.17, 15) is 24.3 Å². The number of ether oxygens (including phenoxy) is 3. The second-order valence-electron chi connectivity index (χ2n) is 13.3. The monoisotopic (exact) mass is 665 g/mol. The highest BCUT2D eigenvalue weighted by atomic mass is 16.6. The minimum absolute atomic E-state index is 0.0998. The zero-order valence-electron chi connectivity index (χ0n) is 28.3. The molecule has 4 aliphatic heterocycles. The zero-order chi connectivity index (χ0) is 34.1. The van der Waals surface area contributed by atoms with Gasteiger partial charge in [-0.3, -0.25) is 19.2 Å². The van der Waals surface area contributed by atoms with E-state index >= 15 is 0 Å². The first-order chi connectivity index (χ1) is 23.4. The van der Waals surface area contributed by atoms with Gasteiger partial charge in [-0.15, -0.1) is 0 Å². The summed E-state index contributed by atoms with van der Waals surface area (Å²) in [5.41, 5.74) is -0.682. The van der Waals surface area contributed by atoms with E-state index in [1.165, 1.54) is 7.11 Å². The molecule has 262 valence electrons. The Hall–Kier alpha value is -3.54. The number of methoxy groups -OCH3 is 1. The number of nitrogens with zero attached hydrogens (tertiary/aromatic N) is 2. The van der Waals surface area contributed by atoms with E-state index in [-0.39, 0.29) is 37.4 Å². The van der Waals surface area contributed by atoms with Crippen molar-refractivity contribution >= 4 is 23.7 Å². The predicted molar refractivity (Wildman–Crippen MR) is 178 cm³/mol. The molecule has 4 aliphatic rings. The Morgan fingerprint density at radius 1 is 0.979 bits per heavy atom. The van der Waals surface area contributed by atoms with Gasteiger partial charge in [0.15, 0.2) is 0 Å². The van der Waals surface area contributed by atoms with Gasteiger partial charge in [-0.25, -0.2) is 0 Å². The summed E-state index contributed by atoms with van der Waals surface area (Å²) in [6, 6.07) is 7.59. The summed E-state index contributed by atoms with van der Waals surface area (Å²) < 4.78 is 18.6. The predicted octanol–water partition coefficient (Wildman–Crippen LogP) is 3.47. The van der Waals surface area contributed by atoms with Gasteiger partial charge in [-0.1, -0.05) is 87.2 Å². The minimum atomic E-state index is -1.36. The van der Waals surface area contributed by atoms with E-state index < -0.39 is 47.7 Å². The second-order valence-corrected chi connectivity index (χ2v) is 13.3. The molecule has 0 unspecified atom stereocenters. The van der Waals surface area contributed by atoms with Crippen molar-refractivity contribution in [2.75, 3.05) is 40.0 Å². The van der Waals surface area contributed by atoms with Crippen molar-refractivity contribution in [3.8, 4) is 0 Å². The lowest BCUT2D eigenvalue weighted by molar-refractivity contribution is -0.162. The number of fused-ring (bicyclic) bond motifs is 2. The van der Waals surface area contributed by atoms with Crippen LogP contribution in [0.25, 0.3) is 0 Å². The highest BCUT2D eigenvalue weighted by molar-refractivity contribution is 5.99. The van der Waals surface area contributed by atoms with Crippen LogP contribution in [0.3, 0.4) is 0 Å². The molecule has 2 fully saturated rings. The third kappa shape index (κ3) is 7.53. The standard InChI is InChI=1S/C37H51N3O8/c1-3-4-12-21-39-22-15-20-37-31(34(43)40(33(37)35(39)44)23-13-5-6-14-24-41)30-28(48-37)18-10-11-19-29(42)38-27(25-46-2)32(47-36(30)45)26-16-8-7-9-17-26/h7-10,15-18,20,27-28,30-33,41H,3-6,11-14,19,21-25H2,1-2H3,(H,38,42)/b18-10-/t27-,28-,30+,31+,32-,33-,37+/m1/s1. The minimum Gasteiger partial charge on any atom is -0.455 e. The molecule has 0 saturated carbocycles. The number of likely N-dealkylation sites (tertiary alicyclic amines) is 1. The van der Waals surface area contributed by atoms with Crippen molar-refractivity contribution in [2.45, 2.75) is 94.6 Å². The third-order valence-corrected chi connectivity index (χ3v) is 9.98. The maximum Gasteiger partial charge on any atom is 0.313 e. The fourth-order valence-corrected chi connectivity index (χ4v) is 7.68. The van der Waals surface area contributed by atoms with Crippen molar-refractivity contribution in [3.05, 3.63) is 60.2 Å². The number of cyclic esters (lactones) is 1. The maximum atomic E-state index is 14.6. The van der Waals surface area contributed by atoms with Gasteiger partial charge < -0.3 is 34.4 Å². The average Bonchev–Trinajstić information content (AvgIpc) is 3.47. The van der Waals surface area contributed by atoms with Gasteiger partial charge in [0.25, 0.3) is 0 Å². The Morgan fingerprint density at radius 3 is 2.50 bits per heavy atom. The largest absolute Gasteiger partial charge is 0.455 e. The quantitative estimate of drug-likeness (QED) is 0.186. The molecule has 0 aliphatic carbocycles. The molecule has 1 aromatic carbocycles. The normalized spacial score (nSPS) is 31.2. The van der Waals surface area contributed by atoms with Gasteiger partial charge in [0.05, 0.1) is 24.7 Å². The summed E-state index contributed by atoms with van der Waals surface area (Å²) in [5.74, 6) is -3.30. The molecular formula is C37H51N3O8. The van der Waals surface area contributed by atoms with Crippen LogP contribution in [-0.4, -0.2) is 102 Å². The van der Waals surface area contributed by atoms with E-state index in [0.717, 1.165) is 32.1 Å². The maximum absolute atomic E-state index is 14.6. The molecule has 1 spiro atoms. The number of carbonyl (C=O) groups is 4. The lowest BCUT2D eigenvalue weighted by atomic mass is 9.77. The van der Waals surface area contributed by atoms with E-state index in [4.69, 9.17) is 14.2 Å². The van der Waals surface area contributed by atoms with Gasteiger partial charge in [0.2, 0.25) is 17.7 Å². The summed E-state index contributed by atoms with van der Waals surface area (Å²) in [6.45, 7) is 3.63. The first-order valence-electron chi connectivity index (χ1n) is 17.6. The summed E-state index contributed by atoms with van der Waals surface area (Å²) in [4.78, 5) is 60.0. The van der Waals surface area contributed by atoms with E-state index in [2.05, 4.69) is 12.2 Å². The van der Waals surface area contributed by atoms with Crippen LogP contribution < -0.4 is 5.32 Å². The first kappa shape index (κ1) is 35.8. The zero-order valence-corrected chi connectivity index (χ0v) is 28.3. The summed E-state index contributed by atoms with van der Waals surface area (Å²) in [5, 5.41) is 12.2. The fourth-order valence-electron chi connectivity index (χ4n) is 7.68. The Labute approximate surface area is 283 Å². The number of hydrogen-bond donors (Lipinski definition) is 2. The second kappa shape index (κ2) is 16.7. The van der Waals surface area contributed by atoms with Crippen LogP contribution in [0.15, 0.2) is 54.6 Å². The fraction of sp³-hybridized carbons (Fsp3) is 0.622. The number of amides is 3. The molecule has 7 atom stereocenters. The van der Waals surface area contributed by atoms with Crippen molar-refractivity contribution in [3.63, 3.8) is 0 Å². The summed E-state index contributed by atoms with van der Waals surface area (Å²) >= 11 is 0. The van der Waals surface area contributed by atoms with Crippen molar-refractivity contribution in [1.82, 2.24) is 15.1 Å². The molecule has 0 radical (unpaired) electrons. The van der Waals surface area contributed by atoms with Crippen LogP contribution in [0.2, 0.25) is 0 Å². The van der Waals surface area contributed by atoms with Gasteiger partial charge in [-0.2, -0.15) is 0 Å². The number of rotatable bonds is 13. The van der Waals surface area contributed by atoms with E-state index in [1.807, 2.05) is 48.6 Å². The molecule has 48 heavy (non-hydrogen) atoms. The number of carbonyl (C=O) groups excluding carboxylic acids is 4. The molecule has 3 amide bonds. The topological polar surface area (TPSA) is 135 Å².